The fourth-order valence-electron chi connectivity index (χ4n) is 3.28. The second kappa shape index (κ2) is 9.03. The van der Waals surface area contributed by atoms with E-state index in [4.69, 9.17) is 9.47 Å². The summed E-state index contributed by atoms with van der Waals surface area (Å²) in [6.07, 6.45) is -0.256. The standard InChI is InChI=1S/C24H28N2O4/c1-14(2)17-6-10-19(11-7-17)30-20-12-8-18(9-13-20)22-21(23(27)29-15(3)4)16(5)25-24(28)26-22/h6-15,22H,1-5H3,(H2,25,26,28). The quantitative estimate of drug-likeness (QED) is 0.646. The minimum absolute atomic E-state index is 0.256. The van der Waals surface area contributed by atoms with Crippen LogP contribution in [0.5, 0.6) is 11.5 Å². The highest BCUT2D eigenvalue weighted by Crippen LogP contribution is 2.30. The first-order valence-electron chi connectivity index (χ1n) is 10.1. The second-order valence-electron chi connectivity index (χ2n) is 7.92. The summed E-state index contributed by atoms with van der Waals surface area (Å²) in [5.74, 6) is 1.43. The van der Waals surface area contributed by atoms with Crippen molar-refractivity contribution in [1.82, 2.24) is 10.6 Å². The smallest absolute Gasteiger partial charge is 0.338 e. The van der Waals surface area contributed by atoms with E-state index in [-0.39, 0.29) is 12.1 Å². The summed E-state index contributed by atoms with van der Waals surface area (Å²) in [5, 5.41) is 5.45. The fraction of sp³-hybridized carbons (Fsp3) is 0.333. The fourth-order valence-corrected chi connectivity index (χ4v) is 3.28. The van der Waals surface area contributed by atoms with Gasteiger partial charge in [-0.3, -0.25) is 0 Å². The van der Waals surface area contributed by atoms with Gasteiger partial charge < -0.3 is 20.1 Å². The molecular formula is C24H28N2O4. The Balaban J connectivity index is 1.80. The van der Waals surface area contributed by atoms with E-state index in [1.165, 1.54) is 5.56 Å². The summed E-state index contributed by atoms with van der Waals surface area (Å²) in [7, 11) is 0. The summed E-state index contributed by atoms with van der Waals surface area (Å²) in [4.78, 5) is 24.6. The molecule has 0 aromatic heterocycles. The number of benzene rings is 2. The molecule has 0 saturated heterocycles. The molecule has 1 aliphatic rings. The van der Waals surface area contributed by atoms with Gasteiger partial charge in [0.1, 0.15) is 11.5 Å². The maximum absolute atomic E-state index is 12.6. The molecule has 1 atom stereocenters. The van der Waals surface area contributed by atoms with Gasteiger partial charge in [-0.1, -0.05) is 38.1 Å². The van der Waals surface area contributed by atoms with Crippen LogP contribution in [0.15, 0.2) is 59.8 Å². The zero-order valence-electron chi connectivity index (χ0n) is 18.0. The van der Waals surface area contributed by atoms with Crippen molar-refractivity contribution < 1.29 is 19.1 Å². The highest BCUT2D eigenvalue weighted by molar-refractivity contribution is 5.95. The number of amides is 2. The second-order valence-corrected chi connectivity index (χ2v) is 7.92. The molecule has 2 aromatic carbocycles. The Morgan fingerprint density at radius 3 is 2.03 bits per heavy atom. The van der Waals surface area contributed by atoms with Gasteiger partial charge in [-0.05, 0) is 62.1 Å². The zero-order valence-corrected chi connectivity index (χ0v) is 18.0. The molecule has 1 unspecified atom stereocenters. The SMILES string of the molecule is CC1=C(C(=O)OC(C)C)C(c2ccc(Oc3ccc(C(C)C)cc3)cc2)NC(=O)N1. The van der Waals surface area contributed by atoms with Gasteiger partial charge in [0.2, 0.25) is 0 Å². The van der Waals surface area contributed by atoms with Gasteiger partial charge in [0.25, 0.3) is 0 Å². The molecule has 0 spiro atoms. The van der Waals surface area contributed by atoms with E-state index in [9.17, 15) is 9.59 Å². The Kier molecular flexibility index (Phi) is 6.45. The number of carbonyl (C=O) groups excluding carboxylic acids is 2. The van der Waals surface area contributed by atoms with Crippen molar-refractivity contribution in [3.63, 3.8) is 0 Å². The number of rotatable bonds is 6. The molecule has 0 saturated carbocycles. The maximum Gasteiger partial charge on any atom is 0.338 e. The molecule has 2 N–H and O–H groups in total. The topological polar surface area (TPSA) is 76.7 Å². The summed E-state index contributed by atoms with van der Waals surface area (Å²) in [6.45, 7) is 9.57. The number of esters is 1. The third kappa shape index (κ3) is 5.00. The van der Waals surface area contributed by atoms with Crippen molar-refractivity contribution in [3.8, 4) is 11.5 Å². The zero-order chi connectivity index (χ0) is 21.8. The summed E-state index contributed by atoms with van der Waals surface area (Å²) in [6, 6.07) is 14.4. The van der Waals surface area contributed by atoms with Gasteiger partial charge in [0, 0.05) is 5.70 Å². The lowest BCUT2D eigenvalue weighted by Crippen LogP contribution is -2.45. The molecule has 6 heteroatoms. The summed E-state index contributed by atoms with van der Waals surface area (Å²) >= 11 is 0. The van der Waals surface area contributed by atoms with E-state index in [1.54, 1.807) is 20.8 Å². The Hall–Kier alpha value is -3.28. The van der Waals surface area contributed by atoms with E-state index in [0.717, 1.165) is 11.3 Å². The van der Waals surface area contributed by atoms with Crippen LogP contribution in [0.4, 0.5) is 4.79 Å². The Bertz CT molecular complexity index is 944. The molecule has 30 heavy (non-hydrogen) atoms. The van der Waals surface area contributed by atoms with E-state index < -0.39 is 12.0 Å². The molecule has 158 valence electrons. The monoisotopic (exact) mass is 408 g/mol. The van der Waals surface area contributed by atoms with Gasteiger partial charge in [-0.15, -0.1) is 0 Å². The predicted octanol–water partition coefficient (Wildman–Crippen LogP) is 5.18. The normalized spacial score (nSPS) is 16.4. The molecule has 0 radical (unpaired) electrons. The molecule has 1 heterocycles. The number of hydrogen-bond acceptors (Lipinski definition) is 4. The molecule has 3 rings (SSSR count). The average Bonchev–Trinajstić information content (AvgIpc) is 2.67. The highest BCUT2D eigenvalue weighted by atomic mass is 16.5. The number of ether oxygens (including phenoxy) is 2. The van der Waals surface area contributed by atoms with Gasteiger partial charge in [-0.25, -0.2) is 9.59 Å². The minimum Gasteiger partial charge on any atom is -0.459 e. The first-order valence-corrected chi connectivity index (χ1v) is 10.1. The number of allylic oxidation sites excluding steroid dienone is 1. The lowest BCUT2D eigenvalue weighted by atomic mass is 9.95. The van der Waals surface area contributed by atoms with Crippen LogP contribution in [0.2, 0.25) is 0 Å². The van der Waals surface area contributed by atoms with Crippen LogP contribution in [-0.2, 0) is 9.53 Å². The number of urea groups is 1. The molecule has 0 fully saturated rings. The van der Waals surface area contributed by atoms with Crippen molar-refractivity contribution >= 4 is 12.0 Å². The van der Waals surface area contributed by atoms with Crippen LogP contribution in [0.1, 0.15) is 57.7 Å². The van der Waals surface area contributed by atoms with Crippen molar-refractivity contribution in [1.29, 1.82) is 0 Å². The van der Waals surface area contributed by atoms with E-state index >= 15 is 0 Å². The largest absolute Gasteiger partial charge is 0.459 e. The van der Waals surface area contributed by atoms with E-state index in [1.807, 2.05) is 36.4 Å². The van der Waals surface area contributed by atoms with Crippen molar-refractivity contribution in [2.24, 2.45) is 0 Å². The lowest BCUT2D eigenvalue weighted by Gasteiger charge is -2.28. The van der Waals surface area contributed by atoms with Crippen molar-refractivity contribution in [2.45, 2.75) is 52.7 Å². The Labute approximate surface area is 177 Å². The number of hydrogen-bond donors (Lipinski definition) is 2. The van der Waals surface area contributed by atoms with Crippen LogP contribution >= 0.6 is 0 Å². The van der Waals surface area contributed by atoms with E-state index in [2.05, 4.69) is 36.6 Å². The molecule has 0 bridgehead atoms. The first-order chi connectivity index (χ1) is 14.2. The molecule has 6 nitrogen and oxygen atoms in total. The highest BCUT2D eigenvalue weighted by Gasteiger charge is 2.32. The number of nitrogens with one attached hydrogen (secondary N) is 2. The van der Waals surface area contributed by atoms with Crippen LogP contribution in [0.25, 0.3) is 0 Å². The lowest BCUT2D eigenvalue weighted by molar-refractivity contribution is -0.143. The van der Waals surface area contributed by atoms with Gasteiger partial charge in [0.15, 0.2) is 0 Å². The summed E-state index contributed by atoms with van der Waals surface area (Å²) < 4.78 is 11.3. The molecule has 0 aliphatic carbocycles. The summed E-state index contributed by atoms with van der Waals surface area (Å²) in [5.41, 5.74) is 2.89. The van der Waals surface area contributed by atoms with Crippen LogP contribution in [0, 0.1) is 0 Å². The Morgan fingerprint density at radius 1 is 0.933 bits per heavy atom. The van der Waals surface area contributed by atoms with Crippen molar-refractivity contribution in [3.05, 3.63) is 70.9 Å². The van der Waals surface area contributed by atoms with Crippen LogP contribution < -0.4 is 15.4 Å². The molecular weight excluding hydrogens is 380 g/mol. The minimum atomic E-state index is -0.593. The first kappa shape index (κ1) is 21.4. The molecule has 1 aliphatic heterocycles. The average molecular weight is 408 g/mol. The van der Waals surface area contributed by atoms with Crippen LogP contribution in [0.3, 0.4) is 0 Å². The van der Waals surface area contributed by atoms with Gasteiger partial charge in [-0.2, -0.15) is 0 Å². The van der Waals surface area contributed by atoms with Crippen molar-refractivity contribution in [2.75, 3.05) is 0 Å². The molecule has 2 aromatic rings. The third-order valence-corrected chi connectivity index (χ3v) is 4.83. The number of carbonyl (C=O) groups is 2. The Morgan fingerprint density at radius 2 is 1.50 bits per heavy atom. The third-order valence-electron chi connectivity index (χ3n) is 4.83. The van der Waals surface area contributed by atoms with Crippen LogP contribution in [-0.4, -0.2) is 18.1 Å². The molecule has 2 amide bonds. The van der Waals surface area contributed by atoms with E-state index in [0.29, 0.717) is 22.9 Å². The van der Waals surface area contributed by atoms with Gasteiger partial charge >= 0.3 is 12.0 Å². The van der Waals surface area contributed by atoms with Gasteiger partial charge in [0.05, 0.1) is 17.7 Å². The maximum atomic E-state index is 12.6. The predicted molar refractivity (Wildman–Crippen MR) is 115 cm³/mol.